The number of nitrogens with zero attached hydrogens (tertiary/aromatic N) is 2. The molecular weight excluding hydrogens is 258 g/mol. The van der Waals surface area contributed by atoms with Gasteiger partial charge in [0.1, 0.15) is 17.0 Å². The van der Waals surface area contributed by atoms with Crippen LogP contribution in [0.4, 0.5) is 5.69 Å². The second-order valence-electron chi connectivity index (χ2n) is 5.26. The van der Waals surface area contributed by atoms with Crippen LogP contribution in [0.15, 0.2) is 11.4 Å². The Kier molecular flexibility index (Phi) is 5.31. The Morgan fingerprint density at radius 1 is 1.42 bits per heavy atom. The molecule has 4 nitrogen and oxygen atoms in total. The molecule has 2 N–H and O–H groups in total. The van der Waals surface area contributed by atoms with Gasteiger partial charge in [0, 0.05) is 5.25 Å². The average Bonchev–Trinajstić information content (AvgIpc) is 2.40. The van der Waals surface area contributed by atoms with E-state index < -0.39 is 0 Å². The van der Waals surface area contributed by atoms with E-state index in [4.69, 9.17) is 10.5 Å². The second-order valence-corrected chi connectivity index (χ2v) is 6.55. The van der Waals surface area contributed by atoms with Gasteiger partial charge in [-0.15, -0.1) is 11.8 Å². The summed E-state index contributed by atoms with van der Waals surface area (Å²) in [6, 6.07) is 0. The van der Waals surface area contributed by atoms with Crippen LogP contribution in [-0.2, 0) is 0 Å². The summed E-state index contributed by atoms with van der Waals surface area (Å²) in [5.74, 6) is 1.34. The van der Waals surface area contributed by atoms with Crippen LogP contribution in [0, 0.1) is 5.92 Å². The lowest BCUT2D eigenvalue weighted by atomic mass is 9.91. The lowest BCUT2D eigenvalue weighted by Gasteiger charge is -2.26. The lowest BCUT2D eigenvalue weighted by molar-refractivity contribution is 0.305. The third kappa shape index (κ3) is 4.00. The maximum atomic E-state index is 6.11. The van der Waals surface area contributed by atoms with Gasteiger partial charge < -0.3 is 10.5 Å². The predicted molar refractivity (Wildman–Crippen MR) is 79.5 cm³/mol. The topological polar surface area (TPSA) is 61.0 Å². The fraction of sp³-hybridized carbons (Fsp3) is 0.714. The van der Waals surface area contributed by atoms with E-state index in [0.717, 1.165) is 17.4 Å². The van der Waals surface area contributed by atoms with Gasteiger partial charge in [0.25, 0.3) is 0 Å². The normalized spacial score (nSPS) is 23.3. The third-order valence-corrected chi connectivity index (χ3v) is 4.73. The summed E-state index contributed by atoms with van der Waals surface area (Å²) >= 11 is 1.79. The van der Waals surface area contributed by atoms with Crippen molar-refractivity contribution >= 4 is 17.4 Å². The van der Waals surface area contributed by atoms with E-state index in [1.54, 1.807) is 18.1 Å². The van der Waals surface area contributed by atoms with E-state index in [0.29, 0.717) is 23.4 Å². The van der Waals surface area contributed by atoms with Crippen molar-refractivity contribution in [3.63, 3.8) is 0 Å². The molecule has 1 aromatic heterocycles. The van der Waals surface area contributed by atoms with Crippen molar-refractivity contribution in [3.8, 4) is 5.88 Å². The van der Waals surface area contributed by atoms with Gasteiger partial charge in [-0.25, -0.2) is 4.98 Å². The van der Waals surface area contributed by atoms with Crippen molar-refractivity contribution < 1.29 is 4.74 Å². The summed E-state index contributed by atoms with van der Waals surface area (Å²) in [5, 5.41) is 1.50. The molecular formula is C14H23N3OS. The summed E-state index contributed by atoms with van der Waals surface area (Å²) in [6.45, 7) is 5.04. The van der Waals surface area contributed by atoms with Gasteiger partial charge in [-0.1, -0.05) is 26.7 Å². The number of hydrogen-bond donors (Lipinski definition) is 1. The Bertz CT molecular complexity index is 414. The monoisotopic (exact) mass is 281 g/mol. The highest BCUT2D eigenvalue weighted by Crippen LogP contribution is 2.38. The average molecular weight is 281 g/mol. The van der Waals surface area contributed by atoms with E-state index in [9.17, 15) is 0 Å². The first-order chi connectivity index (χ1) is 9.20. The minimum absolute atomic E-state index is 0.531. The van der Waals surface area contributed by atoms with E-state index >= 15 is 0 Å². The molecule has 106 valence electrons. The molecule has 0 aliphatic heterocycles. The summed E-state index contributed by atoms with van der Waals surface area (Å²) in [4.78, 5) is 8.43. The van der Waals surface area contributed by atoms with Gasteiger partial charge in [-0.05, 0) is 25.2 Å². The van der Waals surface area contributed by atoms with Crippen LogP contribution in [0.1, 0.15) is 46.0 Å². The quantitative estimate of drug-likeness (QED) is 0.837. The van der Waals surface area contributed by atoms with Crippen molar-refractivity contribution in [1.82, 2.24) is 9.97 Å². The Morgan fingerprint density at radius 2 is 2.26 bits per heavy atom. The minimum Gasteiger partial charge on any atom is -0.476 e. The minimum atomic E-state index is 0.531. The molecule has 0 radical (unpaired) electrons. The Balaban J connectivity index is 2.03. The zero-order chi connectivity index (χ0) is 13.7. The highest BCUT2D eigenvalue weighted by Gasteiger charge is 2.22. The predicted octanol–water partition coefficient (Wildman–Crippen LogP) is 3.52. The van der Waals surface area contributed by atoms with Gasteiger partial charge in [0.05, 0.1) is 6.61 Å². The molecule has 5 heteroatoms. The van der Waals surface area contributed by atoms with Crippen LogP contribution in [-0.4, -0.2) is 21.8 Å². The van der Waals surface area contributed by atoms with Crippen molar-refractivity contribution in [1.29, 1.82) is 0 Å². The standard InChI is InChI=1S/C14H23N3OS/c1-3-7-18-13-12(15)14(17-9-16-13)19-11-6-4-5-10(2)8-11/h9-11H,3-8,15H2,1-2H3. The van der Waals surface area contributed by atoms with Crippen LogP contribution in [0.3, 0.4) is 0 Å². The maximum Gasteiger partial charge on any atom is 0.241 e. The van der Waals surface area contributed by atoms with Gasteiger partial charge in [-0.2, -0.15) is 4.98 Å². The number of thioether (sulfide) groups is 1. The zero-order valence-corrected chi connectivity index (χ0v) is 12.6. The smallest absolute Gasteiger partial charge is 0.241 e. The van der Waals surface area contributed by atoms with Crippen LogP contribution in [0.25, 0.3) is 0 Å². The van der Waals surface area contributed by atoms with E-state index in [-0.39, 0.29) is 0 Å². The Labute approximate surface area is 119 Å². The highest BCUT2D eigenvalue weighted by atomic mass is 32.2. The summed E-state index contributed by atoms with van der Waals surface area (Å²) in [5.41, 5.74) is 6.70. The molecule has 1 aliphatic carbocycles. The van der Waals surface area contributed by atoms with E-state index in [2.05, 4.69) is 23.8 Å². The fourth-order valence-corrected chi connectivity index (χ4v) is 3.76. The van der Waals surface area contributed by atoms with Gasteiger partial charge >= 0.3 is 0 Å². The van der Waals surface area contributed by atoms with E-state index in [1.807, 2.05) is 0 Å². The molecule has 0 spiro atoms. The molecule has 2 unspecified atom stereocenters. The molecule has 1 heterocycles. The molecule has 0 bridgehead atoms. The molecule has 1 aliphatic rings. The number of nitrogens with two attached hydrogens (primary N) is 1. The number of anilines is 1. The van der Waals surface area contributed by atoms with Crippen LogP contribution >= 0.6 is 11.8 Å². The first kappa shape index (κ1) is 14.4. The molecule has 0 aromatic carbocycles. The van der Waals surface area contributed by atoms with Crippen LogP contribution in [0.2, 0.25) is 0 Å². The van der Waals surface area contributed by atoms with Crippen molar-refractivity contribution in [2.75, 3.05) is 12.3 Å². The summed E-state index contributed by atoms with van der Waals surface area (Å²) in [6.07, 6.45) is 7.66. The number of hydrogen-bond acceptors (Lipinski definition) is 5. The van der Waals surface area contributed by atoms with Crippen molar-refractivity contribution in [2.45, 2.75) is 56.2 Å². The number of rotatable bonds is 5. The third-order valence-electron chi connectivity index (χ3n) is 3.42. The van der Waals surface area contributed by atoms with Crippen molar-refractivity contribution in [3.05, 3.63) is 6.33 Å². The molecule has 2 rings (SSSR count). The van der Waals surface area contributed by atoms with Crippen LogP contribution < -0.4 is 10.5 Å². The zero-order valence-electron chi connectivity index (χ0n) is 11.8. The van der Waals surface area contributed by atoms with Gasteiger partial charge in [-0.3, -0.25) is 0 Å². The second kappa shape index (κ2) is 6.98. The maximum absolute atomic E-state index is 6.11. The summed E-state index contributed by atoms with van der Waals surface area (Å²) in [7, 11) is 0. The van der Waals surface area contributed by atoms with E-state index in [1.165, 1.54) is 25.7 Å². The number of aromatic nitrogens is 2. The molecule has 2 atom stereocenters. The molecule has 0 amide bonds. The molecule has 1 saturated carbocycles. The first-order valence-electron chi connectivity index (χ1n) is 7.10. The molecule has 1 aromatic rings. The Morgan fingerprint density at radius 3 is 3.00 bits per heavy atom. The first-order valence-corrected chi connectivity index (χ1v) is 7.98. The molecule has 0 saturated heterocycles. The molecule has 19 heavy (non-hydrogen) atoms. The molecule has 1 fully saturated rings. The van der Waals surface area contributed by atoms with Gasteiger partial charge in [0.2, 0.25) is 5.88 Å². The van der Waals surface area contributed by atoms with Crippen LogP contribution in [0.5, 0.6) is 5.88 Å². The van der Waals surface area contributed by atoms with Gasteiger partial charge in [0.15, 0.2) is 0 Å². The Hall–Kier alpha value is -0.970. The highest BCUT2D eigenvalue weighted by molar-refractivity contribution is 8.00. The largest absolute Gasteiger partial charge is 0.476 e. The van der Waals surface area contributed by atoms with Crippen molar-refractivity contribution in [2.24, 2.45) is 5.92 Å². The fourth-order valence-electron chi connectivity index (χ4n) is 2.42. The number of nitrogen functional groups attached to an aromatic ring is 1. The SMILES string of the molecule is CCCOc1ncnc(SC2CCCC(C)C2)c1N. The summed E-state index contributed by atoms with van der Waals surface area (Å²) < 4.78 is 5.55. The number of ether oxygens (including phenoxy) is 1. The lowest BCUT2D eigenvalue weighted by Crippen LogP contribution is -2.15.